The number of nitrogens with zero attached hydrogens (tertiary/aromatic N) is 3. The minimum Gasteiger partial charge on any atom is -0.508 e. The highest BCUT2D eigenvalue weighted by atomic mass is 16.8. The molecule has 0 bridgehead atoms. The zero-order valence-electron chi connectivity index (χ0n) is 35.2. The van der Waals surface area contributed by atoms with Gasteiger partial charge < -0.3 is 39.3 Å². The molecule has 1 unspecified atom stereocenters. The zero-order valence-corrected chi connectivity index (χ0v) is 35.2. The number of amides is 1. The molecule has 7 atom stereocenters. The van der Waals surface area contributed by atoms with Crippen LogP contribution in [0.3, 0.4) is 0 Å². The molecule has 62 heavy (non-hydrogen) atoms. The lowest BCUT2D eigenvalue weighted by molar-refractivity contribution is -0.255. The number of unbranched alkanes of at least 4 members (excludes halogenated alkanes) is 2. The predicted molar refractivity (Wildman–Crippen MR) is 236 cm³/mol. The number of phenols is 1. The Balaban J connectivity index is 1.37. The maximum Gasteiger partial charge on any atom is 0.254 e. The number of aliphatic hydroxyl groups excluding tert-OH is 2. The summed E-state index contributed by atoms with van der Waals surface area (Å²) < 4.78 is 20.5. The van der Waals surface area contributed by atoms with E-state index in [1.54, 1.807) is 48.5 Å². The van der Waals surface area contributed by atoms with Crippen molar-refractivity contribution in [2.24, 2.45) is 22.9 Å². The van der Waals surface area contributed by atoms with E-state index in [0.717, 1.165) is 66.0 Å². The van der Waals surface area contributed by atoms with Crippen molar-refractivity contribution in [3.05, 3.63) is 131 Å². The number of rotatable bonds is 17. The topological polar surface area (TPSA) is 154 Å². The predicted octanol–water partition coefficient (Wildman–Crippen LogP) is 8.92. The summed E-state index contributed by atoms with van der Waals surface area (Å²) in [6.07, 6.45) is 10.8. The van der Waals surface area contributed by atoms with E-state index in [-0.39, 0.29) is 62.2 Å². The van der Waals surface area contributed by atoms with E-state index in [2.05, 4.69) is 36.9 Å². The van der Waals surface area contributed by atoms with Gasteiger partial charge in [-0.15, -0.1) is 6.58 Å². The number of nitriles is 1. The lowest BCUT2D eigenvalue weighted by Crippen LogP contribution is -2.70. The van der Waals surface area contributed by atoms with Gasteiger partial charge in [0.05, 0.1) is 36.5 Å². The Morgan fingerprint density at radius 2 is 1.77 bits per heavy atom. The van der Waals surface area contributed by atoms with Gasteiger partial charge in [-0.05, 0) is 115 Å². The van der Waals surface area contributed by atoms with Gasteiger partial charge in [0.15, 0.2) is 0 Å². The largest absolute Gasteiger partial charge is 0.508 e. The molecule has 3 N–H and O–H groups in total. The Morgan fingerprint density at radius 1 is 0.984 bits per heavy atom. The summed E-state index contributed by atoms with van der Waals surface area (Å²) in [6.45, 7) is 5.11. The van der Waals surface area contributed by atoms with Gasteiger partial charge in [-0.2, -0.15) is 5.26 Å². The molecule has 1 saturated carbocycles. The van der Waals surface area contributed by atoms with E-state index in [9.17, 15) is 20.6 Å². The van der Waals surface area contributed by atoms with Crippen LogP contribution < -0.4 is 4.74 Å². The summed E-state index contributed by atoms with van der Waals surface area (Å²) >= 11 is 0. The van der Waals surface area contributed by atoms with E-state index in [1.165, 1.54) is 0 Å². The number of aliphatic hydroxyl groups is 2. The van der Waals surface area contributed by atoms with Crippen LogP contribution in [0.1, 0.15) is 97.2 Å². The van der Waals surface area contributed by atoms with Gasteiger partial charge in [0, 0.05) is 49.6 Å². The first kappa shape index (κ1) is 43.2. The third-order valence-corrected chi connectivity index (χ3v) is 13.2. The Morgan fingerprint density at radius 3 is 2.53 bits per heavy atom. The van der Waals surface area contributed by atoms with Crippen LogP contribution in [0.5, 0.6) is 11.5 Å². The summed E-state index contributed by atoms with van der Waals surface area (Å²) in [5, 5.41) is 47.7. The monoisotopic (exact) mass is 839 g/mol. The third kappa shape index (κ3) is 8.75. The van der Waals surface area contributed by atoms with Crippen LogP contribution in [-0.4, -0.2) is 76.4 Å². The molecule has 1 amide bonds. The summed E-state index contributed by atoms with van der Waals surface area (Å²) in [5.74, 6) is -1.86. The van der Waals surface area contributed by atoms with E-state index in [4.69, 9.17) is 24.2 Å². The van der Waals surface area contributed by atoms with Gasteiger partial charge in [-0.3, -0.25) is 4.79 Å². The number of benzene rings is 4. The SMILES string of the molecule is C=CCO[C@@]12Oc3ccc(O)cc3[C@H]3[C@H](CCCCO)[C@@H](CCCCO)C=C(C(=NOC4CCCCO4)C[C@@H]1N(Cc1cccc4ccccc14)C(=O)c1ccc(C#N)cc1)[C@H]32. The molecule has 4 aromatic carbocycles. The number of oxime groups is 1. The number of ether oxygens (including phenoxy) is 3. The van der Waals surface area contributed by atoms with E-state index >= 15 is 4.79 Å². The average Bonchev–Trinajstić information content (AvgIpc) is 3.31. The highest BCUT2D eigenvalue weighted by molar-refractivity contribution is 6.03. The van der Waals surface area contributed by atoms with Gasteiger partial charge in [-0.1, -0.05) is 72.6 Å². The molecule has 2 aliphatic heterocycles. The summed E-state index contributed by atoms with van der Waals surface area (Å²) in [5.41, 5.74) is 4.20. The molecule has 2 aliphatic carbocycles. The molecule has 4 aromatic rings. The Hall–Kier alpha value is -5.51. The molecule has 1 saturated heterocycles. The van der Waals surface area contributed by atoms with Crippen LogP contribution in [0.4, 0.5) is 0 Å². The molecule has 324 valence electrons. The van der Waals surface area contributed by atoms with Crippen molar-refractivity contribution in [2.75, 3.05) is 26.4 Å². The molecule has 2 heterocycles. The van der Waals surface area contributed by atoms with Gasteiger partial charge in [0.2, 0.25) is 12.1 Å². The van der Waals surface area contributed by atoms with Crippen molar-refractivity contribution in [1.29, 1.82) is 5.26 Å². The van der Waals surface area contributed by atoms with E-state index in [1.807, 2.05) is 29.2 Å². The lowest BCUT2D eigenvalue weighted by Gasteiger charge is -2.60. The first-order valence-corrected chi connectivity index (χ1v) is 22.2. The Bertz CT molecular complexity index is 2310. The van der Waals surface area contributed by atoms with Crippen LogP contribution in [0.2, 0.25) is 0 Å². The smallest absolute Gasteiger partial charge is 0.254 e. The second kappa shape index (κ2) is 19.7. The number of phenolic OH excluding ortho intramolecular Hbond substituents is 1. The molecule has 0 radical (unpaired) electrons. The molecule has 0 spiro atoms. The summed E-state index contributed by atoms with van der Waals surface area (Å²) in [6, 6.07) is 27.5. The minimum atomic E-state index is -1.49. The van der Waals surface area contributed by atoms with Crippen LogP contribution >= 0.6 is 0 Å². The van der Waals surface area contributed by atoms with Gasteiger partial charge in [-0.25, -0.2) is 0 Å². The van der Waals surface area contributed by atoms with Crippen molar-refractivity contribution in [3.63, 3.8) is 0 Å². The Labute approximate surface area is 363 Å². The van der Waals surface area contributed by atoms with Gasteiger partial charge >= 0.3 is 0 Å². The molecule has 8 rings (SSSR count). The van der Waals surface area contributed by atoms with E-state index in [0.29, 0.717) is 48.5 Å². The molecule has 11 heteroatoms. The standard InChI is InChI=1S/C51H57N3O8/c1-2-27-60-51-46(54(50(58)36-21-19-34(32-52)20-22-36)33-38-15-11-14-35-12-3-4-16-40(35)38)31-44(53-62-47-18-7-10-28-59-47)42-29-37(13-5-8-25-55)41(17-6-9-26-56)48(49(42)51)43-30-39(57)23-24-45(43)61-51/h2-4,11-12,14-16,19-24,29-30,37,41,46-49,55-57H,1,5-10,13,17-18,25-28,31,33H2/t37-,41+,46-,47?,48+,49+,51+/m0/s1. The molecule has 0 aromatic heterocycles. The number of hydrogen-bond acceptors (Lipinski definition) is 10. The molecular formula is C51H57N3O8. The molecule has 11 nitrogen and oxygen atoms in total. The van der Waals surface area contributed by atoms with Gasteiger partial charge in [0.1, 0.15) is 17.5 Å². The molecule has 2 fully saturated rings. The van der Waals surface area contributed by atoms with Crippen molar-refractivity contribution in [3.8, 4) is 17.6 Å². The van der Waals surface area contributed by atoms with Crippen molar-refractivity contribution in [2.45, 2.75) is 94.8 Å². The highest BCUT2D eigenvalue weighted by Crippen LogP contribution is 2.62. The fraction of sp³-hybridized carbons (Fsp3) is 0.431. The maximum absolute atomic E-state index is 15.5. The highest BCUT2D eigenvalue weighted by Gasteiger charge is 2.65. The van der Waals surface area contributed by atoms with Gasteiger partial charge in [0.25, 0.3) is 5.91 Å². The average molecular weight is 840 g/mol. The summed E-state index contributed by atoms with van der Waals surface area (Å²) in [4.78, 5) is 23.6. The number of carbonyl (C=O) groups is 1. The fourth-order valence-corrected chi connectivity index (χ4v) is 10.4. The number of hydrogen-bond donors (Lipinski definition) is 3. The number of allylic oxidation sites excluding steroid dienone is 1. The van der Waals surface area contributed by atoms with Crippen LogP contribution in [0, 0.1) is 29.1 Å². The lowest BCUT2D eigenvalue weighted by atomic mass is 9.55. The first-order chi connectivity index (χ1) is 30.4. The fourth-order valence-electron chi connectivity index (χ4n) is 10.4. The zero-order chi connectivity index (χ0) is 43.1. The number of carbonyl (C=O) groups excluding carboxylic acids is 1. The second-order valence-electron chi connectivity index (χ2n) is 17.0. The van der Waals surface area contributed by atoms with Crippen molar-refractivity contribution < 1.29 is 39.2 Å². The summed E-state index contributed by atoms with van der Waals surface area (Å²) in [7, 11) is 0. The number of aromatic hydroxyl groups is 1. The van der Waals surface area contributed by atoms with Crippen LogP contribution in [0.25, 0.3) is 10.8 Å². The maximum atomic E-state index is 15.5. The Kier molecular flexibility index (Phi) is 13.7. The van der Waals surface area contributed by atoms with Crippen molar-refractivity contribution >= 4 is 22.4 Å². The normalized spacial score (nSPS) is 25.8. The third-order valence-electron chi connectivity index (χ3n) is 13.2. The van der Waals surface area contributed by atoms with Crippen molar-refractivity contribution in [1.82, 2.24) is 4.90 Å². The quantitative estimate of drug-likeness (QED) is 0.0537. The minimum absolute atomic E-state index is 0.00786. The first-order valence-electron chi connectivity index (χ1n) is 22.2. The second-order valence-corrected chi connectivity index (χ2v) is 17.0. The number of fused-ring (bicyclic) bond motifs is 3. The molecule has 4 aliphatic rings. The van der Waals surface area contributed by atoms with Crippen LogP contribution in [0.15, 0.2) is 114 Å². The van der Waals surface area contributed by atoms with E-state index < -0.39 is 24.0 Å². The van der Waals surface area contributed by atoms with Crippen LogP contribution in [-0.2, 0) is 20.9 Å². The molecular weight excluding hydrogens is 783 g/mol.